The predicted molar refractivity (Wildman–Crippen MR) is 66.2 cm³/mol. The number of hydrogen-bond acceptors (Lipinski definition) is 2. The number of benzene rings is 1. The Hall–Kier alpha value is -1.90. The minimum atomic E-state index is -0.300. The van der Waals surface area contributed by atoms with Crippen LogP contribution in [0.25, 0.3) is 0 Å². The lowest BCUT2D eigenvalue weighted by molar-refractivity contribution is -0.114. The van der Waals surface area contributed by atoms with Gasteiger partial charge in [0.25, 0.3) is 0 Å². The molecule has 0 heterocycles. The van der Waals surface area contributed by atoms with Crippen molar-refractivity contribution in [3.05, 3.63) is 42.5 Å². The molecule has 0 saturated heterocycles. The average Bonchev–Trinajstić information content (AvgIpc) is 2.30. The van der Waals surface area contributed by atoms with E-state index < -0.39 is 0 Å². The standard InChI is InChI=1S/C11H11NO2.C2H6/c1-9(13)7-8-11(14)12-10-5-3-2-4-6-10;1-2/h2-8H,1H3,(H,12,14);1-2H3/b8-7-;. The Morgan fingerprint density at radius 2 is 1.62 bits per heavy atom. The second-order valence-electron chi connectivity index (χ2n) is 2.80. The van der Waals surface area contributed by atoms with E-state index in [1.54, 1.807) is 12.1 Å². The summed E-state index contributed by atoms with van der Waals surface area (Å²) in [6.45, 7) is 5.40. The molecule has 86 valence electrons. The first-order valence-electron chi connectivity index (χ1n) is 5.23. The van der Waals surface area contributed by atoms with Crippen molar-refractivity contribution in [3.8, 4) is 0 Å². The highest BCUT2D eigenvalue weighted by molar-refractivity contribution is 6.03. The Bertz CT molecular complexity index is 355. The SMILES string of the molecule is CC.CC(=O)/C=C\C(=O)Nc1ccccc1. The maximum atomic E-state index is 11.2. The normalized spacial score (nSPS) is 9.19. The molecule has 0 radical (unpaired) electrons. The molecule has 0 spiro atoms. The average molecular weight is 219 g/mol. The zero-order valence-electron chi connectivity index (χ0n) is 9.86. The Morgan fingerprint density at radius 1 is 1.06 bits per heavy atom. The van der Waals surface area contributed by atoms with Gasteiger partial charge in [-0.25, -0.2) is 0 Å². The van der Waals surface area contributed by atoms with Gasteiger partial charge in [-0.05, 0) is 25.1 Å². The van der Waals surface area contributed by atoms with Crippen molar-refractivity contribution in [2.75, 3.05) is 5.32 Å². The summed E-state index contributed by atoms with van der Waals surface area (Å²) < 4.78 is 0. The van der Waals surface area contributed by atoms with E-state index in [1.807, 2.05) is 32.0 Å². The summed E-state index contributed by atoms with van der Waals surface area (Å²) in [5.41, 5.74) is 0.714. The minimum Gasteiger partial charge on any atom is -0.323 e. The van der Waals surface area contributed by atoms with E-state index in [1.165, 1.54) is 19.1 Å². The lowest BCUT2D eigenvalue weighted by atomic mass is 10.3. The summed E-state index contributed by atoms with van der Waals surface area (Å²) in [7, 11) is 0. The maximum absolute atomic E-state index is 11.2. The van der Waals surface area contributed by atoms with E-state index in [-0.39, 0.29) is 11.7 Å². The van der Waals surface area contributed by atoms with Crippen molar-refractivity contribution in [1.29, 1.82) is 0 Å². The highest BCUT2D eigenvalue weighted by Crippen LogP contribution is 2.04. The third-order valence-corrected chi connectivity index (χ3v) is 1.51. The van der Waals surface area contributed by atoms with Crippen LogP contribution in [0.1, 0.15) is 20.8 Å². The van der Waals surface area contributed by atoms with Gasteiger partial charge in [-0.3, -0.25) is 9.59 Å². The Morgan fingerprint density at radius 3 is 2.12 bits per heavy atom. The van der Waals surface area contributed by atoms with Gasteiger partial charge in [0.2, 0.25) is 5.91 Å². The fourth-order valence-electron chi connectivity index (χ4n) is 0.898. The van der Waals surface area contributed by atoms with E-state index in [4.69, 9.17) is 0 Å². The van der Waals surface area contributed by atoms with Crippen molar-refractivity contribution in [2.45, 2.75) is 20.8 Å². The number of allylic oxidation sites excluding steroid dienone is 1. The molecular weight excluding hydrogens is 202 g/mol. The Balaban J connectivity index is 0.00000106. The number of carbonyl (C=O) groups excluding carboxylic acids is 2. The molecule has 1 N–H and O–H groups in total. The van der Waals surface area contributed by atoms with Crippen LogP contribution in [-0.4, -0.2) is 11.7 Å². The van der Waals surface area contributed by atoms with E-state index in [0.717, 1.165) is 0 Å². The van der Waals surface area contributed by atoms with Gasteiger partial charge >= 0.3 is 0 Å². The van der Waals surface area contributed by atoms with Crippen LogP contribution in [0.2, 0.25) is 0 Å². The van der Waals surface area contributed by atoms with E-state index in [0.29, 0.717) is 5.69 Å². The first-order valence-corrected chi connectivity index (χ1v) is 5.23. The number of ketones is 1. The van der Waals surface area contributed by atoms with Crippen LogP contribution in [-0.2, 0) is 9.59 Å². The molecule has 0 atom stereocenters. The molecule has 1 amide bonds. The van der Waals surface area contributed by atoms with Gasteiger partial charge in [0, 0.05) is 11.8 Å². The van der Waals surface area contributed by atoms with Gasteiger partial charge in [0.15, 0.2) is 5.78 Å². The summed E-state index contributed by atoms with van der Waals surface area (Å²) in [4.78, 5) is 21.7. The molecule has 0 aliphatic carbocycles. The minimum absolute atomic E-state index is 0.145. The molecule has 3 nitrogen and oxygen atoms in total. The van der Waals surface area contributed by atoms with Crippen LogP contribution in [0.4, 0.5) is 5.69 Å². The second-order valence-corrected chi connectivity index (χ2v) is 2.80. The maximum Gasteiger partial charge on any atom is 0.248 e. The zero-order chi connectivity index (χ0) is 12.4. The van der Waals surface area contributed by atoms with Crippen LogP contribution in [0.15, 0.2) is 42.5 Å². The Kier molecular flexibility index (Phi) is 7.41. The number of nitrogens with one attached hydrogen (secondary N) is 1. The smallest absolute Gasteiger partial charge is 0.248 e. The molecule has 1 rings (SSSR count). The van der Waals surface area contributed by atoms with Gasteiger partial charge < -0.3 is 5.32 Å². The summed E-state index contributed by atoms with van der Waals surface area (Å²) in [6.07, 6.45) is 2.45. The van der Waals surface area contributed by atoms with E-state index >= 15 is 0 Å². The van der Waals surface area contributed by atoms with E-state index in [9.17, 15) is 9.59 Å². The van der Waals surface area contributed by atoms with Crippen LogP contribution < -0.4 is 5.32 Å². The first kappa shape index (κ1) is 14.1. The summed E-state index contributed by atoms with van der Waals surface area (Å²) in [5.74, 6) is -0.445. The third-order valence-electron chi connectivity index (χ3n) is 1.51. The molecular formula is C13H17NO2. The van der Waals surface area contributed by atoms with Crippen LogP contribution >= 0.6 is 0 Å². The monoisotopic (exact) mass is 219 g/mol. The van der Waals surface area contributed by atoms with Gasteiger partial charge in [-0.2, -0.15) is 0 Å². The largest absolute Gasteiger partial charge is 0.323 e. The molecule has 0 saturated carbocycles. The van der Waals surface area contributed by atoms with Gasteiger partial charge in [0.05, 0.1) is 0 Å². The van der Waals surface area contributed by atoms with Crippen LogP contribution in [0, 0.1) is 0 Å². The highest BCUT2D eigenvalue weighted by Gasteiger charge is 1.95. The summed E-state index contributed by atoms with van der Waals surface area (Å²) in [6, 6.07) is 9.06. The van der Waals surface area contributed by atoms with E-state index in [2.05, 4.69) is 5.32 Å². The zero-order valence-corrected chi connectivity index (χ0v) is 9.86. The molecule has 1 aromatic carbocycles. The molecule has 3 heteroatoms. The van der Waals surface area contributed by atoms with Crippen molar-refractivity contribution >= 4 is 17.4 Å². The van der Waals surface area contributed by atoms with Gasteiger partial charge in [0.1, 0.15) is 0 Å². The molecule has 0 aromatic heterocycles. The first-order chi connectivity index (χ1) is 7.68. The number of hydrogen-bond donors (Lipinski definition) is 1. The van der Waals surface area contributed by atoms with Crippen molar-refractivity contribution < 1.29 is 9.59 Å². The number of anilines is 1. The van der Waals surface area contributed by atoms with Gasteiger partial charge in [-0.1, -0.05) is 32.0 Å². The lowest BCUT2D eigenvalue weighted by Crippen LogP contribution is -2.07. The highest BCUT2D eigenvalue weighted by atomic mass is 16.1. The number of carbonyl (C=O) groups is 2. The molecule has 1 aromatic rings. The molecule has 0 aliphatic heterocycles. The fraction of sp³-hybridized carbons (Fsp3) is 0.231. The van der Waals surface area contributed by atoms with Gasteiger partial charge in [-0.15, -0.1) is 0 Å². The molecule has 0 aliphatic rings. The quantitative estimate of drug-likeness (QED) is 0.794. The van der Waals surface area contributed by atoms with Crippen molar-refractivity contribution in [3.63, 3.8) is 0 Å². The molecule has 0 bridgehead atoms. The number of para-hydroxylation sites is 1. The summed E-state index contributed by atoms with van der Waals surface area (Å²) >= 11 is 0. The second kappa shape index (κ2) is 8.41. The van der Waals surface area contributed by atoms with Crippen molar-refractivity contribution in [2.24, 2.45) is 0 Å². The summed E-state index contributed by atoms with van der Waals surface area (Å²) in [5, 5.41) is 2.62. The third kappa shape index (κ3) is 6.54. The van der Waals surface area contributed by atoms with Crippen LogP contribution in [0.3, 0.4) is 0 Å². The molecule has 0 unspecified atom stereocenters. The number of rotatable bonds is 3. The van der Waals surface area contributed by atoms with Crippen LogP contribution in [0.5, 0.6) is 0 Å². The molecule has 0 fully saturated rings. The lowest BCUT2D eigenvalue weighted by Gasteiger charge is -1.99. The fourth-order valence-corrected chi connectivity index (χ4v) is 0.898. The number of amides is 1. The topological polar surface area (TPSA) is 46.2 Å². The predicted octanol–water partition coefficient (Wildman–Crippen LogP) is 2.80. The van der Waals surface area contributed by atoms with Crippen molar-refractivity contribution in [1.82, 2.24) is 0 Å². The Labute approximate surface area is 96.2 Å². The molecule has 16 heavy (non-hydrogen) atoms.